The molecule has 3 rings (SSSR count). The van der Waals surface area contributed by atoms with E-state index in [-0.39, 0.29) is 12.3 Å². The van der Waals surface area contributed by atoms with Crippen molar-refractivity contribution in [3.05, 3.63) is 92.9 Å². The van der Waals surface area contributed by atoms with Gasteiger partial charge in [-0.25, -0.2) is 5.43 Å². The summed E-state index contributed by atoms with van der Waals surface area (Å²) >= 11 is 9.40. The Balaban J connectivity index is 1.60. The van der Waals surface area contributed by atoms with E-state index in [0.29, 0.717) is 29.7 Å². The van der Waals surface area contributed by atoms with Gasteiger partial charge in [0.05, 0.1) is 19.2 Å². The maximum Gasteiger partial charge on any atom is 0.244 e. The molecule has 31 heavy (non-hydrogen) atoms. The Bertz CT molecular complexity index is 1050. The zero-order valence-corrected chi connectivity index (χ0v) is 19.3. The number of ether oxygens (including phenoxy) is 2. The first-order chi connectivity index (χ1) is 15.0. The second-order valence-corrected chi connectivity index (χ2v) is 8.01. The third-order valence-corrected chi connectivity index (χ3v) is 5.00. The molecule has 0 atom stereocenters. The van der Waals surface area contributed by atoms with Gasteiger partial charge < -0.3 is 9.47 Å². The summed E-state index contributed by atoms with van der Waals surface area (Å²) in [4.78, 5) is 12.1. The van der Waals surface area contributed by atoms with Crippen molar-refractivity contribution in [1.82, 2.24) is 5.43 Å². The van der Waals surface area contributed by atoms with E-state index in [0.717, 1.165) is 21.2 Å². The molecule has 3 aromatic rings. The maximum absolute atomic E-state index is 12.1. The zero-order chi connectivity index (χ0) is 22.1. The van der Waals surface area contributed by atoms with Crippen molar-refractivity contribution in [2.45, 2.75) is 20.0 Å². The van der Waals surface area contributed by atoms with Crippen molar-refractivity contribution in [2.24, 2.45) is 5.10 Å². The number of hydrogen-bond donors (Lipinski definition) is 1. The molecule has 0 spiro atoms. The van der Waals surface area contributed by atoms with E-state index in [1.165, 1.54) is 0 Å². The lowest BCUT2D eigenvalue weighted by Gasteiger charge is -2.12. The number of rotatable bonds is 9. The summed E-state index contributed by atoms with van der Waals surface area (Å²) in [7, 11) is 0. The number of carbonyl (C=O) groups excluding carboxylic acids is 1. The van der Waals surface area contributed by atoms with Gasteiger partial charge in [0.25, 0.3) is 0 Å². The molecule has 7 heteroatoms. The molecule has 0 unspecified atom stereocenters. The Kier molecular flexibility index (Phi) is 8.50. The van der Waals surface area contributed by atoms with Gasteiger partial charge in [-0.2, -0.15) is 5.10 Å². The van der Waals surface area contributed by atoms with Crippen molar-refractivity contribution >= 4 is 39.7 Å². The number of benzene rings is 3. The number of nitrogens with zero attached hydrogens (tertiary/aromatic N) is 1. The highest BCUT2D eigenvalue weighted by Crippen LogP contribution is 2.29. The van der Waals surface area contributed by atoms with Gasteiger partial charge in [0.2, 0.25) is 5.91 Å². The molecule has 1 amide bonds. The minimum Gasteiger partial charge on any atom is -0.490 e. The Labute approximate surface area is 195 Å². The van der Waals surface area contributed by atoms with Crippen molar-refractivity contribution < 1.29 is 14.3 Å². The molecule has 0 aromatic heterocycles. The fourth-order valence-corrected chi connectivity index (χ4v) is 3.26. The molecular formula is C24H22BrClN2O3. The van der Waals surface area contributed by atoms with Crippen molar-refractivity contribution in [1.29, 1.82) is 0 Å². The van der Waals surface area contributed by atoms with Gasteiger partial charge in [-0.05, 0) is 66.1 Å². The van der Waals surface area contributed by atoms with Crippen LogP contribution < -0.4 is 14.9 Å². The largest absolute Gasteiger partial charge is 0.490 e. The van der Waals surface area contributed by atoms with Crippen LogP contribution in [-0.2, 0) is 17.8 Å². The molecular weight excluding hydrogens is 480 g/mol. The van der Waals surface area contributed by atoms with Gasteiger partial charge in [0, 0.05) is 9.50 Å². The molecule has 0 aliphatic heterocycles. The lowest BCUT2D eigenvalue weighted by Crippen LogP contribution is -2.19. The standard InChI is InChI=1S/C24H22BrClN2O3/c1-2-30-23-13-18(8-11-22(23)31-16-19-4-3-5-21(26)12-19)15-27-28-24(29)14-17-6-9-20(25)10-7-17/h3-13,15H,2,14,16H2,1H3,(H,28,29)/b27-15+. The van der Waals surface area contributed by atoms with Gasteiger partial charge in [-0.3, -0.25) is 4.79 Å². The van der Waals surface area contributed by atoms with Crippen LogP contribution in [0.5, 0.6) is 11.5 Å². The van der Waals surface area contributed by atoms with Crippen LogP contribution in [0.3, 0.4) is 0 Å². The normalized spacial score (nSPS) is 10.8. The van der Waals surface area contributed by atoms with Crippen LogP contribution in [0.2, 0.25) is 5.02 Å². The second-order valence-electron chi connectivity index (χ2n) is 6.65. The highest BCUT2D eigenvalue weighted by molar-refractivity contribution is 9.10. The summed E-state index contributed by atoms with van der Waals surface area (Å²) in [6, 6.07) is 20.6. The number of hydrogen-bond acceptors (Lipinski definition) is 4. The van der Waals surface area contributed by atoms with Gasteiger partial charge in [0.1, 0.15) is 6.61 Å². The van der Waals surface area contributed by atoms with E-state index in [1.807, 2.05) is 73.7 Å². The first-order valence-electron chi connectivity index (χ1n) is 9.74. The first-order valence-corrected chi connectivity index (χ1v) is 10.9. The monoisotopic (exact) mass is 500 g/mol. The molecule has 0 aliphatic rings. The van der Waals surface area contributed by atoms with Gasteiger partial charge >= 0.3 is 0 Å². The highest BCUT2D eigenvalue weighted by Gasteiger charge is 2.07. The Hall–Kier alpha value is -2.83. The molecule has 3 aromatic carbocycles. The molecule has 0 saturated heterocycles. The Morgan fingerprint density at radius 1 is 1.03 bits per heavy atom. The summed E-state index contributed by atoms with van der Waals surface area (Å²) in [5.41, 5.74) is 5.21. The predicted octanol–water partition coefficient (Wildman–Crippen LogP) is 5.77. The molecule has 5 nitrogen and oxygen atoms in total. The van der Waals surface area contributed by atoms with Crippen LogP contribution in [0.4, 0.5) is 0 Å². The summed E-state index contributed by atoms with van der Waals surface area (Å²) in [5.74, 6) is 1.04. The van der Waals surface area contributed by atoms with E-state index in [1.54, 1.807) is 6.21 Å². The third-order valence-electron chi connectivity index (χ3n) is 4.23. The van der Waals surface area contributed by atoms with Crippen LogP contribution in [0.25, 0.3) is 0 Å². The maximum atomic E-state index is 12.1. The number of hydrazone groups is 1. The fraction of sp³-hybridized carbons (Fsp3) is 0.167. The lowest BCUT2D eigenvalue weighted by molar-refractivity contribution is -0.120. The number of nitrogens with one attached hydrogen (secondary N) is 1. The van der Waals surface area contributed by atoms with Crippen LogP contribution >= 0.6 is 27.5 Å². The second kappa shape index (κ2) is 11.5. The predicted molar refractivity (Wildman–Crippen MR) is 127 cm³/mol. The summed E-state index contributed by atoms with van der Waals surface area (Å²) < 4.78 is 12.6. The highest BCUT2D eigenvalue weighted by atomic mass is 79.9. The lowest BCUT2D eigenvalue weighted by atomic mass is 10.1. The van der Waals surface area contributed by atoms with Gasteiger partial charge in [0.15, 0.2) is 11.5 Å². The molecule has 0 aliphatic carbocycles. The van der Waals surface area contributed by atoms with Crippen molar-refractivity contribution in [2.75, 3.05) is 6.61 Å². The molecule has 0 fully saturated rings. The summed E-state index contributed by atoms with van der Waals surface area (Å²) in [5, 5.41) is 4.71. The Morgan fingerprint density at radius 2 is 1.84 bits per heavy atom. The summed E-state index contributed by atoms with van der Waals surface area (Å²) in [6.45, 7) is 2.78. The van der Waals surface area contributed by atoms with E-state index in [2.05, 4.69) is 26.5 Å². The fourth-order valence-electron chi connectivity index (χ4n) is 2.79. The minimum atomic E-state index is -0.190. The number of halogens is 2. The van der Waals surface area contributed by atoms with Crippen LogP contribution in [0.1, 0.15) is 23.6 Å². The van der Waals surface area contributed by atoms with E-state index >= 15 is 0 Å². The Morgan fingerprint density at radius 3 is 2.58 bits per heavy atom. The van der Waals surface area contributed by atoms with Crippen LogP contribution in [-0.4, -0.2) is 18.7 Å². The average molecular weight is 502 g/mol. The van der Waals surface area contributed by atoms with E-state index in [4.69, 9.17) is 21.1 Å². The minimum absolute atomic E-state index is 0.190. The van der Waals surface area contributed by atoms with E-state index < -0.39 is 0 Å². The molecule has 0 heterocycles. The molecule has 0 saturated carbocycles. The summed E-state index contributed by atoms with van der Waals surface area (Å²) in [6.07, 6.45) is 1.83. The third kappa shape index (κ3) is 7.42. The SMILES string of the molecule is CCOc1cc(/C=N/NC(=O)Cc2ccc(Br)cc2)ccc1OCc1cccc(Cl)c1. The van der Waals surface area contributed by atoms with Gasteiger partial charge in [-0.15, -0.1) is 0 Å². The molecule has 0 radical (unpaired) electrons. The zero-order valence-electron chi connectivity index (χ0n) is 17.0. The first kappa shape index (κ1) is 22.8. The smallest absolute Gasteiger partial charge is 0.244 e. The van der Waals surface area contributed by atoms with Crippen LogP contribution in [0, 0.1) is 0 Å². The topological polar surface area (TPSA) is 59.9 Å². The molecule has 160 valence electrons. The van der Waals surface area contributed by atoms with Crippen molar-refractivity contribution in [3.8, 4) is 11.5 Å². The quantitative estimate of drug-likeness (QED) is 0.299. The number of carbonyl (C=O) groups is 1. The van der Waals surface area contributed by atoms with E-state index in [9.17, 15) is 4.79 Å². The van der Waals surface area contributed by atoms with Crippen LogP contribution in [0.15, 0.2) is 76.3 Å². The van der Waals surface area contributed by atoms with Gasteiger partial charge in [-0.1, -0.05) is 51.8 Å². The van der Waals surface area contributed by atoms with Crippen molar-refractivity contribution in [3.63, 3.8) is 0 Å². The molecule has 0 bridgehead atoms. The number of amides is 1. The average Bonchev–Trinajstić information content (AvgIpc) is 2.75. The molecule has 1 N–H and O–H groups in total.